The molecule has 0 saturated carbocycles. The van der Waals surface area contributed by atoms with Gasteiger partial charge in [-0.1, -0.05) is 52.3 Å². The first kappa shape index (κ1) is 19.2. The summed E-state index contributed by atoms with van der Waals surface area (Å²) in [6.07, 6.45) is 2.36. The maximum absolute atomic E-state index is 12.1. The summed E-state index contributed by atoms with van der Waals surface area (Å²) in [5, 5.41) is 2.90. The number of hydrogen-bond acceptors (Lipinski definition) is 2. The topological polar surface area (TPSA) is 49.4 Å². The van der Waals surface area contributed by atoms with E-state index in [9.17, 15) is 9.59 Å². The molecule has 4 heteroatoms. The molecule has 23 heavy (non-hydrogen) atoms. The molecule has 1 N–H and O–H groups in total. The predicted molar refractivity (Wildman–Crippen MR) is 95.7 cm³/mol. The summed E-state index contributed by atoms with van der Waals surface area (Å²) >= 11 is 0. The Morgan fingerprint density at radius 1 is 1.17 bits per heavy atom. The third-order valence-electron chi connectivity index (χ3n) is 3.80. The molecule has 0 bridgehead atoms. The summed E-state index contributed by atoms with van der Waals surface area (Å²) in [4.78, 5) is 25.7. The van der Waals surface area contributed by atoms with E-state index in [4.69, 9.17) is 0 Å². The Morgan fingerprint density at radius 3 is 2.39 bits per heavy atom. The van der Waals surface area contributed by atoms with Crippen molar-refractivity contribution in [3.8, 4) is 0 Å². The van der Waals surface area contributed by atoms with Crippen LogP contribution in [0.4, 0.5) is 5.69 Å². The molecule has 2 amide bonds. The van der Waals surface area contributed by atoms with Crippen LogP contribution in [0.1, 0.15) is 59.4 Å². The zero-order valence-electron chi connectivity index (χ0n) is 15.1. The Labute approximate surface area is 140 Å². The van der Waals surface area contributed by atoms with Crippen LogP contribution in [0.5, 0.6) is 0 Å². The molecule has 0 spiro atoms. The van der Waals surface area contributed by atoms with Gasteiger partial charge < -0.3 is 10.2 Å². The van der Waals surface area contributed by atoms with Gasteiger partial charge in [0.1, 0.15) is 0 Å². The van der Waals surface area contributed by atoms with Crippen LogP contribution in [0.25, 0.3) is 0 Å². The van der Waals surface area contributed by atoms with Gasteiger partial charge in [-0.3, -0.25) is 9.59 Å². The Kier molecular flexibility index (Phi) is 7.27. The number of unbranched alkanes of at least 4 members (excludes halogenated alkanes) is 1. The number of hydrogen-bond donors (Lipinski definition) is 1. The average Bonchev–Trinajstić information content (AvgIpc) is 2.47. The van der Waals surface area contributed by atoms with E-state index >= 15 is 0 Å². The molecule has 0 saturated heterocycles. The number of para-hydroxylation sites is 1. The van der Waals surface area contributed by atoms with E-state index in [1.54, 1.807) is 11.8 Å². The molecule has 0 aromatic heterocycles. The van der Waals surface area contributed by atoms with Crippen molar-refractivity contribution in [2.75, 3.05) is 18.0 Å². The van der Waals surface area contributed by atoms with Gasteiger partial charge in [0.25, 0.3) is 0 Å². The van der Waals surface area contributed by atoms with Crippen LogP contribution in [0, 0.1) is 0 Å². The van der Waals surface area contributed by atoms with Crippen molar-refractivity contribution < 1.29 is 9.59 Å². The molecule has 0 atom stereocenters. The van der Waals surface area contributed by atoms with Gasteiger partial charge in [0.05, 0.1) is 0 Å². The summed E-state index contributed by atoms with van der Waals surface area (Å²) in [5.41, 5.74) is 1.95. The van der Waals surface area contributed by atoms with Crippen LogP contribution in [0.2, 0.25) is 0 Å². The predicted octanol–water partition coefficient (Wildman–Crippen LogP) is 3.64. The fourth-order valence-electron chi connectivity index (χ4n) is 2.50. The molecule has 128 valence electrons. The van der Waals surface area contributed by atoms with Crippen molar-refractivity contribution in [2.24, 2.45) is 0 Å². The fourth-order valence-corrected chi connectivity index (χ4v) is 2.50. The van der Waals surface area contributed by atoms with E-state index in [0.29, 0.717) is 19.5 Å². The first-order chi connectivity index (χ1) is 10.8. The van der Waals surface area contributed by atoms with Crippen molar-refractivity contribution in [2.45, 2.75) is 59.3 Å². The van der Waals surface area contributed by atoms with Crippen LogP contribution in [-0.4, -0.2) is 24.9 Å². The van der Waals surface area contributed by atoms with Crippen LogP contribution in [0.3, 0.4) is 0 Å². The molecule has 0 aliphatic rings. The van der Waals surface area contributed by atoms with Crippen molar-refractivity contribution in [1.82, 2.24) is 5.32 Å². The molecule has 0 heterocycles. The van der Waals surface area contributed by atoms with Gasteiger partial charge in [0.15, 0.2) is 0 Å². The average molecular weight is 318 g/mol. The second-order valence-electron chi connectivity index (χ2n) is 6.89. The maximum atomic E-state index is 12.1. The van der Waals surface area contributed by atoms with E-state index in [0.717, 1.165) is 24.1 Å². The Bertz CT molecular complexity index is 532. The van der Waals surface area contributed by atoms with Gasteiger partial charge in [0.2, 0.25) is 11.8 Å². The molecular weight excluding hydrogens is 288 g/mol. The lowest BCUT2D eigenvalue weighted by Crippen LogP contribution is -2.35. The second-order valence-corrected chi connectivity index (χ2v) is 6.89. The van der Waals surface area contributed by atoms with Crippen molar-refractivity contribution in [3.63, 3.8) is 0 Å². The summed E-state index contributed by atoms with van der Waals surface area (Å²) in [5.74, 6) is -0.0407. The lowest BCUT2D eigenvalue weighted by Gasteiger charge is -2.29. The first-order valence-corrected chi connectivity index (χ1v) is 8.41. The summed E-state index contributed by atoms with van der Waals surface area (Å²) in [6.45, 7) is 11.1. The number of nitrogens with one attached hydrogen (secondary N) is 1. The minimum Gasteiger partial charge on any atom is -0.356 e. The number of rotatable bonds is 7. The number of carbonyl (C=O) groups is 2. The maximum Gasteiger partial charge on any atom is 0.223 e. The molecule has 0 fully saturated rings. The molecule has 0 radical (unpaired) electrons. The highest BCUT2D eigenvalue weighted by molar-refractivity contribution is 5.93. The highest BCUT2D eigenvalue weighted by atomic mass is 16.2. The number of nitrogens with zero attached hydrogens (tertiary/aromatic N) is 1. The fraction of sp³-hybridized carbons (Fsp3) is 0.579. The highest BCUT2D eigenvalue weighted by Gasteiger charge is 2.23. The summed E-state index contributed by atoms with van der Waals surface area (Å²) in [7, 11) is 0. The van der Waals surface area contributed by atoms with E-state index in [-0.39, 0.29) is 17.2 Å². The lowest BCUT2D eigenvalue weighted by molar-refractivity contribution is -0.121. The normalized spacial score (nSPS) is 11.2. The second kappa shape index (κ2) is 8.70. The molecule has 1 aromatic carbocycles. The van der Waals surface area contributed by atoms with E-state index in [1.807, 2.05) is 24.3 Å². The number of carbonyl (C=O) groups excluding carboxylic acids is 2. The van der Waals surface area contributed by atoms with E-state index in [2.05, 4.69) is 33.0 Å². The van der Waals surface area contributed by atoms with Gasteiger partial charge in [-0.2, -0.15) is 0 Å². The molecule has 1 rings (SSSR count). The van der Waals surface area contributed by atoms with Gasteiger partial charge in [-0.15, -0.1) is 0 Å². The molecule has 0 aliphatic carbocycles. The van der Waals surface area contributed by atoms with Crippen LogP contribution >= 0.6 is 0 Å². The van der Waals surface area contributed by atoms with E-state index in [1.165, 1.54) is 0 Å². The molecular formula is C19H30N2O2. The lowest BCUT2D eigenvalue weighted by atomic mass is 9.85. The van der Waals surface area contributed by atoms with Gasteiger partial charge in [-0.05, 0) is 23.5 Å². The first-order valence-electron chi connectivity index (χ1n) is 8.41. The highest BCUT2D eigenvalue weighted by Crippen LogP contribution is 2.32. The molecule has 0 unspecified atom stereocenters. The third-order valence-corrected chi connectivity index (χ3v) is 3.80. The van der Waals surface area contributed by atoms with E-state index < -0.39 is 0 Å². The molecule has 1 aromatic rings. The van der Waals surface area contributed by atoms with Crippen molar-refractivity contribution >= 4 is 17.5 Å². The monoisotopic (exact) mass is 318 g/mol. The van der Waals surface area contributed by atoms with Gasteiger partial charge >= 0.3 is 0 Å². The quantitative estimate of drug-likeness (QED) is 0.780. The van der Waals surface area contributed by atoms with Crippen LogP contribution in [0.15, 0.2) is 24.3 Å². The van der Waals surface area contributed by atoms with Gasteiger partial charge in [0, 0.05) is 32.1 Å². The number of amides is 2. The standard InChI is InChI=1S/C19H30N2O2/c1-6-7-13-20-18(23)12-14-21(15(2)22)17-11-9-8-10-16(17)19(3,4)5/h8-11H,6-7,12-14H2,1-5H3,(H,20,23). The Hall–Kier alpha value is -1.84. The number of benzene rings is 1. The molecule has 4 nitrogen and oxygen atoms in total. The smallest absolute Gasteiger partial charge is 0.223 e. The SMILES string of the molecule is CCCCNC(=O)CCN(C(C)=O)c1ccccc1C(C)(C)C. The minimum atomic E-state index is -0.0618. The Balaban J connectivity index is 2.85. The number of anilines is 1. The largest absolute Gasteiger partial charge is 0.356 e. The van der Waals surface area contributed by atoms with Crippen LogP contribution < -0.4 is 10.2 Å². The zero-order chi connectivity index (χ0) is 17.5. The van der Waals surface area contributed by atoms with Crippen LogP contribution in [-0.2, 0) is 15.0 Å². The minimum absolute atomic E-state index is 0.00191. The molecule has 0 aliphatic heterocycles. The van der Waals surface area contributed by atoms with Crippen molar-refractivity contribution in [3.05, 3.63) is 29.8 Å². The Morgan fingerprint density at radius 2 is 1.83 bits per heavy atom. The summed E-state index contributed by atoms with van der Waals surface area (Å²) < 4.78 is 0. The summed E-state index contributed by atoms with van der Waals surface area (Å²) in [6, 6.07) is 7.92. The van der Waals surface area contributed by atoms with Gasteiger partial charge in [-0.25, -0.2) is 0 Å². The van der Waals surface area contributed by atoms with Crippen molar-refractivity contribution in [1.29, 1.82) is 0 Å². The third kappa shape index (κ3) is 6.05. The zero-order valence-corrected chi connectivity index (χ0v) is 15.1.